The lowest BCUT2D eigenvalue weighted by atomic mass is 10.0. The monoisotopic (exact) mass is 467 g/mol. The molecule has 0 spiro atoms. The Balaban J connectivity index is 0. The summed E-state index contributed by atoms with van der Waals surface area (Å²) in [5, 5.41) is 0. The molecule has 184 valence electrons. The topological polar surface area (TPSA) is 53.7 Å². The largest absolute Gasteiger partial charge is 0.505 e. The highest BCUT2D eigenvalue weighted by Crippen LogP contribution is 2.32. The van der Waals surface area contributed by atoms with Crippen LogP contribution in [0.15, 0.2) is 0 Å². The molecular formula is C24H54ClNO3Si. The number of hydrogen-bond acceptors (Lipinski definition) is 4. The molecule has 0 aromatic carbocycles. The molecule has 0 bridgehead atoms. The Morgan fingerprint density at radius 2 is 0.933 bits per heavy atom. The van der Waals surface area contributed by atoms with Crippen molar-refractivity contribution in [2.24, 2.45) is 5.73 Å². The minimum atomic E-state index is -2.64. The molecule has 0 aliphatic carbocycles. The van der Waals surface area contributed by atoms with E-state index in [4.69, 9.17) is 19.0 Å². The van der Waals surface area contributed by atoms with E-state index in [0.29, 0.717) is 0 Å². The maximum Gasteiger partial charge on any atom is 0.505 e. The van der Waals surface area contributed by atoms with Crippen LogP contribution < -0.4 is 5.73 Å². The molecule has 2 unspecified atom stereocenters. The predicted molar refractivity (Wildman–Crippen MR) is 136 cm³/mol. The third-order valence-electron chi connectivity index (χ3n) is 6.41. The van der Waals surface area contributed by atoms with Gasteiger partial charge in [-0.15, -0.1) is 12.4 Å². The zero-order chi connectivity index (χ0) is 21.8. The molecule has 0 amide bonds. The minimum absolute atomic E-state index is 0. The second-order valence-corrected chi connectivity index (χ2v) is 11.8. The lowest BCUT2D eigenvalue weighted by molar-refractivity contribution is 0.105. The van der Waals surface area contributed by atoms with Gasteiger partial charge in [0.05, 0.1) is 0 Å². The van der Waals surface area contributed by atoms with E-state index in [1.165, 1.54) is 96.3 Å². The van der Waals surface area contributed by atoms with Crippen LogP contribution in [-0.4, -0.2) is 36.2 Å². The molecular weight excluding hydrogens is 414 g/mol. The Morgan fingerprint density at radius 3 is 1.23 bits per heavy atom. The molecule has 2 atom stereocenters. The van der Waals surface area contributed by atoms with Gasteiger partial charge >= 0.3 is 8.80 Å². The lowest BCUT2D eigenvalue weighted by Crippen LogP contribution is -2.53. The Labute approximate surface area is 196 Å². The molecule has 0 rings (SSSR count). The molecule has 0 aliphatic rings. The Morgan fingerprint density at radius 1 is 0.600 bits per heavy atom. The van der Waals surface area contributed by atoms with Crippen LogP contribution in [0.4, 0.5) is 0 Å². The van der Waals surface area contributed by atoms with Crippen LogP contribution >= 0.6 is 12.4 Å². The predicted octanol–water partition coefficient (Wildman–Crippen LogP) is 7.66. The van der Waals surface area contributed by atoms with E-state index >= 15 is 0 Å². The summed E-state index contributed by atoms with van der Waals surface area (Å²) in [6, 6.07) is 0.0912. The van der Waals surface area contributed by atoms with Crippen LogP contribution in [0, 0.1) is 0 Å². The molecule has 0 fully saturated rings. The molecule has 2 N–H and O–H groups in total. The van der Waals surface area contributed by atoms with Crippen molar-refractivity contribution in [3.05, 3.63) is 0 Å². The molecule has 30 heavy (non-hydrogen) atoms. The standard InChI is InChI=1S/C24H53NO3Si.ClH/c1-6-8-9-10-11-12-13-14-15-16-17-18-19-20-21-22-23(25)24(7-2)29(26-3,27-4)28-5;/h23-24H,6-22,25H2,1-5H3;1H. The van der Waals surface area contributed by atoms with E-state index in [9.17, 15) is 0 Å². The third-order valence-corrected chi connectivity index (χ3v) is 9.86. The maximum atomic E-state index is 6.49. The van der Waals surface area contributed by atoms with Gasteiger partial charge in [-0.3, -0.25) is 0 Å². The van der Waals surface area contributed by atoms with Crippen molar-refractivity contribution in [2.75, 3.05) is 21.3 Å². The van der Waals surface area contributed by atoms with Gasteiger partial charge in [-0.05, 0) is 12.8 Å². The van der Waals surface area contributed by atoms with Gasteiger partial charge in [0, 0.05) is 32.9 Å². The second kappa shape index (κ2) is 22.5. The first-order valence-corrected chi connectivity index (χ1v) is 14.3. The summed E-state index contributed by atoms with van der Waals surface area (Å²) >= 11 is 0. The highest BCUT2D eigenvalue weighted by Gasteiger charge is 2.48. The Kier molecular flexibility index (Phi) is 24.4. The van der Waals surface area contributed by atoms with Gasteiger partial charge in [0.25, 0.3) is 0 Å². The van der Waals surface area contributed by atoms with Crippen molar-refractivity contribution in [3.8, 4) is 0 Å². The van der Waals surface area contributed by atoms with E-state index in [1.807, 2.05) is 0 Å². The van der Waals surface area contributed by atoms with Crippen molar-refractivity contribution in [1.29, 1.82) is 0 Å². The first-order valence-electron chi connectivity index (χ1n) is 12.5. The van der Waals surface area contributed by atoms with Crippen LogP contribution in [0.2, 0.25) is 5.54 Å². The highest BCUT2D eigenvalue weighted by molar-refractivity contribution is 6.62. The van der Waals surface area contributed by atoms with Crippen molar-refractivity contribution >= 4 is 21.2 Å². The smallest absolute Gasteiger partial charge is 0.377 e. The van der Waals surface area contributed by atoms with Gasteiger partial charge in [0.1, 0.15) is 0 Å². The third kappa shape index (κ3) is 14.4. The van der Waals surface area contributed by atoms with E-state index in [0.717, 1.165) is 12.8 Å². The van der Waals surface area contributed by atoms with E-state index in [1.54, 1.807) is 21.3 Å². The van der Waals surface area contributed by atoms with Crippen molar-refractivity contribution in [3.63, 3.8) is 0 Å². The summed E-state index contributed by atoms with van der Waals surface area (Å²) in [6.45, 7) is 4.44. The minimum Gasteiger partial charge on any atom is -0.377 e. The summed E-state index contributed by atoms with van der Waals surface area (Å²) in [5.41, 5.74) is 6.67. The summed E-state index contributed by atoms with van der Waals surface area (Å²) in [6.07, 6.45) is 22.8. The van der Waals surface area contributed by atoms with Gasteiger partial charge in [0.15, 0.2) is 0 Å². The molecule has 0 radical (unpaired) electrons. The summed E-state index contributed by atoms with van der Waals surface area (Å²) in [7, 11) is 2.40. The van der Waals surface area contributed by atoms with E-state index in [-0.39, 0.29) is 24.0 Å². The molecule has 0 aromatic heterocycles. The molecule has 0 saturated carbocycles. The zero-order valence-corrected chi connectivity index (χ0v) is 22.7. The summed E-state index contributed by atoms with van der Waals surface area (Å²) in [5.74, 6) is 0. The number of halogens is 1. The van der Waals surface area contributed by atoms with Crippen LogP contribution in [0.1, 0.15) is 123 Å². The number of rotatable bonds is 22. The fourth-order valence-electron chi connectivity index (χ4n) is 4.47. The van der Waals surface area contributed by atoms with Crippen LogP contribution in [0.25, 0.3) is 0 Å². The van der Waals surface area contributed by atoms with Gasteiger partial charge in [-0.1, -0.05) is 110 Å². The molecule has 6 heteroatoms. The Hall–Kier alpha value is 0.347. The van der Waals surface area contributed by atoms with Gasteiger partial charge in [-0.2, -0.15) is 0 Å². The second-order valence-electron chi connectivity index (χ2n) is 8.63. The summed E-state index contributed by atoms with van der Waals surface area (Å²) in [4.78, 5) is 0. The van der Waals surface area contributed by atoms with E-state index < -0.39 is 8.80 Å². The van der Waals surface area contributed by atoms with Crippen LogP contribution in [-0.2, 0) is 13.3 Å². The van der Waals surface area contributed by atoms with Gasteiger partial charge in [-0.25, -0.2) is 0 Å². The normalized spacial score (nSPS) is 13.8. The molecule has 0 heterocycles. The van der Waals surface area contributed by atoms with Crippen molar-refractivity contribution in [1.82, 2.24) is 0 Å². The number of nitrogens with two attached hydrogens (primary N) is 1. The maximum absolute atomic E-state index is 6.49. The van der Waals surface area contributed by atoms with Crippen molar-refractivity contribution in [2.45, 2.75) is 135 Å². The number of unbranched alkanes of at least 4 members (excludes halogenated alkanes) is 14. The van der Waals surface area contributed by atoms with E-state index in [2.05, 4.69) is 13.8 Å². The zero-order valence-electron chi connectivity index (χ0n) is 20.9. The summed E-state index contributed by atoms with van der Waals surface area (Å²) < 4.78 is 17.0. The van der Waals surface area contributed by atoms with Crippen LogP contribution in [0.5, 0.6) is 0 Å². The van der Waals surface area contributed by atoms with Crippen molar-refractivity contribution < 1.29 is 13.3 Å². The lowest BCUT2D eigenvalue weighted by Gasteiger charge is -2.35. The quantitative estimate of drug-likeness (QED) is 0.131. The van der Waals surface area contributed by atoms with Gasteiger partial charge in [0.2, 0.25) is 0 Å². The fourth-order valence-corrected chi connectivity index (χ4v) is 7.07. The average Bonchev–Trinajstić information content (AvgIpc) is 2.74. The molecule has 0 aromatic rings. The SMILES string of the molecule is CCCCCCCCCCCCCCCCCC(N)C(CC)[Si](OC)(OC)OC.Cl. The number of hydrogen-bond donors (Lipinski definition) is 1. The first-order chi connectivity index (χ1) is 14.1. The fraction of sp³-hybridized carbons (Fsp3) is 1.00. The average molecular weight is 468 g/mol. The van der Waals surface area contributed by atoms with Gasteiger partial charge < -0.3 is 19.0 Å². The molecule has 0 aliphatic heterocycles. The molecule has 0 saturated heterocycles. The Bertz CT molecular complexity index is 338. The molecule has 4 nitrogen and oxygen atoms in total. The highest BCUT2D eigenvalue weighted by atomic mass is 35.5. The van der Waals surface area contributed by atoms with Crippen LogP contribution in [0.3, 0.4) is 0 Å². The first kappa shape index (κ1) is 32.5.